The Balaban J connectivity index is 2.19. The summed E-state index contributed by atoms with van der Waals surface area (Å²) in [7, 11) is 1.91. The van der Waals surface area contributed by atoms with E-state index in [1.54, 1.807) is 4.68 Å². The zero-order valence-corrected chi connectivity index (χ0v) is 8.66. The Labute approximate surface area is 80.3 Å². The van der Waals surface area contributed by atoms with Crippen LogP contribution < -0.4 is 0 Å². The number of nitrogens with zero attached hydrogens (tertiary/aromatic N) is 3. The van der Waals surface area contributed by atoms with Crippen LogP contribution in [0.25, 0.3) is 0 Å². The lowest BCUT2D eigenvalue weighted by molar-refractivity contribution is 0.694. The first kappa shape index (κ1) is 8.23. The van der Waals surface area contributed by atoms with E-state index in [-0.39, 0.29) is 0 Å². The second-order valence-electron chi connectivity index (χ2n) is 3.37. The average Bonchev–Trinajstić information content (AvgIpc) is 2.58. The summed E-state index contributed by atoms with van der Waals surface area (Å²) >= 11 is 3.67. The Morgan fingerprint density at radius 2 is 2.42 bits per heavy atom. The lowest BCUT2D eigenvalue weighted by atomic mass is 10.1. The Morgan fingerprint density at radius 3 is 2.92 bits per heavy atom. The molecule has 12 heavy (non-hydrogen) atoms. The molecule has 0 amide bonds. The number of rotatable bonds is 1. The Morgan fingerprint density at radius 1 is 1.58 bits per heavy atom. The number of alkyl halides is 1. The number of hydrogen-bond donors (Lipinski definition) is 0. The Kier molecular flexibility index (Phi) is 2.17. The number of hydrogen-bond acceptors (Lipinski definition) is 2. The Hall–Kier alpha value is -0.380. The smallest absolute Gasteiger partial charge is 0.0868 e. The van der Waals surface area contributed by atoms with Crippen molar-refractivity contribution in [1.82, 2.24) is 15.0 Å². The fraction of sp³-hybridized carbons (Fsp3) is 0.750. The topological polar surface area (TPSA) is 30.7 Å². The lowest BCUT2D eigenvalue weighted by Gasteiger charge is -2.08. The standard InChI is InChI=1S/C8H12BrN3/c1-12-5-8(10-11-12)6-3-2-4-7(6)9/h5-7H,2-4H2,1H3. The Bertz CT molecular complexity index is 271. The monoisotopic (exact) mass is 229 g/mol. The van der Waals surface area contributed by atoms with Gasteiger partial charge in [0.05, 0.1) is 5.69 Å². The van der Waals surface area contributed by atoms with E-state index in [9.17, 15) is 0 Å². The second kappa shape index (κ2) is 3.17. The number of aryl methyl sites for hydroxylation is 1. The van der Waals surface area contributed by atoms with Crippen molar-refractivity contribution in [3.63, 3.8) is 0 Å². The molecule has 1 saturated carbocycles. The fourth-order valence-corrected chi connectivity index (χ4v) is 2.64. The molecule has 0 saturated heterocycles. The van der Waals surface area contributed by atoms with E-state index in [1.165, 1.54) is 19.3 Å². The van der Waals surface area contributed by atoms with Crippen LogP contribution in [-0.2, 0) is 7.05 Å². The summed E-state index contributed by atoms with van der Waals surface area (Å²) in [5, 5.41) is 8.07. The van der Waals surface area contributed by atoms with E-state index in [2.05, 4.69) is 26.2 Å². The van der Waals surface area contributed by atoms with Gasteiger partial charge in [-0.2, -0.15) is 0 Å². The third kappa shape index (κ3) is 1.40. The van der Waals surface area contributed by atoms with Gasteiger partial charge in [0, 0.05) is 24.0 Å². The van der Waals surface area contributed by atoms with E-state index in [0.717, 1.165) is 5.69 Å². The van der Waals surface area contributed by atoms with Crippen molar-refractivity contribution in [1.29, 1.82) is 0 Å². The summed E-state index contributed by atoms with van der Waals surface area (Å²) in [5.74, 6) is 0.582. The van der Waals surface area contributed by atoms with Gasteiger partial charge in [0.2, 0.25) is 0 Å². The summed E-state index contributed by atoms with van der Waals surface area (Å²) in [6.45, 7) is 0. The minimum atomic E-state index is 0.582. The lowest BCUT2D eigenvalue weighted by Crippen LogP contribution is -2.04. The fourth-order valence-electron chi connectivity index (χ4n) is 1.78. The van der Waals surface area contributed by atoms with E-state index in [4.69, 9.17) is 0 Å². The van der Waals surface area contributed by atoms with Crippen LogP contribution in [-0.4, -0.2) is 19.8 Å². The molecule has 0 bridgehead atoms. The van der Waals surface area contributed by atoms with Crippen molar-refractivity contribution in [2.75, 3.05) is 0 Å². The summed E-state index contributed by atoms with van der Waals surface area (Å²) in [6, 6.07) is 0. The molecule has 0 aliphatic heterocycles. The molecular formula is C8H12BrN3. The predicted octanol–water partition coefficient (Wildman–Crippen LogP) is 1.85. The van der Waals surface area contributed by atoms with Gasteiger partial charge in [0.25, 0.3) is 0 Å². The summed E-state index contributed by atoms with van der Waals surface area (Å²) < 4.78 is 1.77. The van der Waals surface area contributed by atoms with Crippen LogP contribution in [0.2, 0.25) is 0 Å². The molecule has 1 aliphatic rings. The highest BCUT2D eigenvalue weighted by Gasteiger charge is 2.28. The van der Waals surface area contributed by atoms with Gasteiger partial charge < -0.3 is 0 Å². The van der Waals surface area contributed by atoms with Crippen molar-refractivity contribution in [3.8, 4) is 0 Å². The number of halogens is 1. The van der Waals surface area contributed by atoms with Crippen LogP contribution in [0.1, 0.15) is 30.9 Å². The van der Waals surface area contributed by atoms with Crippen molar-refractivity contribution in [3.05, 3.63) is 11.9 Å². The molecule has 1 aromatic rings. The van der Waals surface area contributed by atoms with Crippen LogP contribution in [0, 0.1) is 0 Å². The molecule has 66 valence electrons. The molecule has 1 aromatic heterocycles. The van der Waals surface area contributed by atoms with Crippen molar-refractivity contribution in [2.24, 2.45) is 7.05 Å². The van der Waals surface area contributed by atoms with Crippen LogP contribution >= 0.6 is 15.9 Å². The van der Waals surface area contributed by atoms with Gasteiger partial charge in [0.15, 0.2) is 0 Å². The molecule has 1 heterocycles. The van der Waals surface area contributed by atoms with E-state index < -0.39 is 0 Å². The molecule has 2 rings (SSSR count). The highest BCUT2D eigenvalue weighted by molar-refractivity contribution is 9.09. The normalized spacial score (nSPS) is 29.5. The largest absolute Gasteiger partial charge is 0.255 e. The molecule has 2 atom stereocenters. The summed E-state index contributed by atoms with van der Waals surface area (Å²) in [4.78, 5) is 0.606. The van der Waals surface area contributed by atoms with Gasteiger partial charge in [-0.3, -0.25) is 4.68 Å². The molecule has 3 nitrogen and oxygen atoms in total. The first-order chi connectivity index (χ1) is 5.77. The zero-order valence-electron chi connectivity index (χ0n) is 7.07. The maximum Gasteiger partial charge on any atom is 0.0868 e. The summed E-state index contributed by atoms with van der Waals surface area (Å²) in [5.41, 5.74) is 1.14. The molecule has 0 N–H and O–H groups in total. The minimum Gasteiger partial charge on any atom is -0.255 e. The molecule has 0 aromatic carbocycles. The van der Waals surface area contributed by atoms with Gasteiger partial charge >= 0.3 is 0 Å². The van der Waals surface area contributed by atoms with Crippen LogP contribution in [0.4, 0.5) is 0 Å². The highest BCUT2D eigenvalue weighted by atomic mass is 79.9. The molecule has 1 aliphatic carbocycles. The maximum atomic E-state index is 4.13. The minimum absolute atomic E-state index is 0.582. The van der Waals surface area contributed by atoms with E-state index in [1.807, 2.05) is 13.2 Å². The average molecular weight is 230 g/mol. The van der Waals surface area contributed by atoms with Gasteiger partial charge in [-0.15, -0.1) is 5.10 Å². The summed E-state index contributed by atoms with van der Waals surface area (Å²) in [6.07, 6.45) is 5.83. The highest BCUT2D eigenvalue weighted by Crippen LogP contribution is 2.37. The third-order valence-electron chi connectivity index (χ3n) is 2.43. The van der Waals surface area contributed by atoms with Crippen LogP contribution in [0.5, 0.6) is 0 Å². The van der Waals surface area contributed by atoms with Crippen molar-refractivity contribution >= 4 is 15.9 Å². The zero-order chi connectivity index (χ0) is 8.55. The van der Waals surface area contributed by atoms with Gasteiger partial charge in [-0.05, 0) is 12.8 Å². The predicted molar refractivity (Wildman–Crippen MR) is 50.3 cm³/mol. The molecule has 0 spiro atoms. The van der Waals surface area contributed by atoms with Crippen LogP contribution in [0.15, 0.2) is 6.20 Å². The van der Waals surface area contributed by atoms with Crippen molar-refractivity contribution in [2.45, 2.75) is 30.0 Å². The maximum absolute atomic E-state index is 4.13. The molecule has 0 radical (unpaired) electrons. The van der Waals surface area contributed by atoms with Gasteiger partial charge in [-0.25, -0.2) is 0 Å². The van der Waals surface area contributed by atoms with Crippen molar-refractivity contribution < 1.29 is 0 Å². The number of aromatic nitrogens is 3. The van der Waals surface area contributed by atoms with Gasteiger partial charge in [-0.1, -0.05) is 27.6 Å². The third-order valence-corrected chi connectivity index (χ3v) is 3.53. The van der Waals surface area contributed by atoms with E-state index >= 15 is 0 Å². The molecule has 2 unspecified atom stereocenters. The molecule has 1 fully saturated rings. The first-order valence-electron chi connectivity index (χ1n) is 4.27. The molecular weight excluding hydrogens is 218 g/mol. The first-order valence-corrected chi connectivity index (χ1v) is 5.19. The van der Waals surface area contributed by atoms with Crippen LogP contribution in [0.3, 0.4) is 0 Å². The molecule has 4 heteroatoms. The van der Waals surface area contributed by atoms with E-state index in [0.29, 0.717) is 10.7 Å². The SMILES string of the molecule is Cn1cc(C2CCCC2Br)nn1. The van der Waals surface area contributed by atoms with Gasteiger partial charge in [0.1, 0.15) is 0 Å². The quantitative estimate of drug-likeness (QED) is 0.689. The second-order valence-corrected chi connectivity index (χ2v) is 4.55.